The van der Waals surface area contributed by atoms with Crippen LogP contribution in [0.1, 0.15) is 51.1 Å². The molecule has 5 nitrogen and oxygen atoms in total. The minimum absolute atomic E-state index is 0.105. The van der Waals surface area contributed by atoms with Gasteiger partial charge < -0.3 is 16.5 Å². The SMILES string of the molecule is CC(CCC1=C(F)C(c2cnc(N)cn2)=CCC1C1CCC1)CN/C=C\C=N. The molecule has 2 aliphatic rings. The first-order valence-corrected chi connectivity index (χ1v) is 10.2. The zero-order valence-corrected chi connectivity index (χ0v) is 16.5. The third-order valence-corrected chi connectivity index (χ3v) is 5.89. The van der Waals surface area contributed by atoms with Gasteiger partial charge in [0.1, 0.15) is 11.6 Å². The van der Waals surface area contributed by atoms with E-state index in [2.05, 4.69) is 22.2 Å². The molecule has 1 fully saturated rings. The lowest BCUT2D eigenvalue weighted by Gasteiger charge is -2.37. The van der Waals surface area contributed by atoms with E-state index in [-0.39, 0.29) is 5.83 Å². The Morgan fingerprint density at radius 1 is 1.36 bits per heavy atom. The topological polar surface area (TPSA) is 87.7 Å². The minimum Gasteiger partial charge on any atom is -0.391 e. The van der Waals surface area contributed by atoms with Gasteiger partial charge in [0, 0.05) is 18.3 Å². The summed E-state index contributed by atoms with van der Waals surface area (Å²) in [6.07, 6.45) is 16.0. The maximum atomic E-state index is 15.5. The van der Waals surface area contributed by atoms with Gasteiger partial charge in [-0.1, -0.05) is 19.4 Å². The molecule has 4 N–H and O–H groups in total. The molecule has 1 aromatic heterocycles. The molecule has 2 atom stereocenters. The summed E-state index contributed by atoms with van der Waals surface area (Å²) in [5.74, 6) is 1.59. The predicted octanol–water partition coefficient (Wildman–Crippen LogP) is 4.65. The van der Waals surface area contributed by atoms with Crippen LogP contribution in [-0.2, 0) is 0 Å². The van der Waals surface area contributed by atoms with E-state index in [1.807, 2.05) is 6.08 Å². The first kappa shape index (κ1) is 20.2. The van der Waals surface area contributed by atoms with Crippen molar-refractivity contribution in [1.29, 1.82) is 5.41 Å². The lowest BCUT2D eigenvalue weighted by Crippen LogP contribution is -2.26. The zero-order chi connectivity index (χ0) is 19.9. The molecule has 1 aromatic rings. The van der Waals surface area contributed by atoms with E-state index in [0.717, 1.165) is 31.4 Å². The third kappa shape index (κ3) is 4.86. The molecule has 0 aliphatic heterocycles. The highest BCUT2D eigenvalue weighted by molar-refractivity contribution is 5.77. The fraction of sp³-hybridized carbons (Fsp3) is 0.500. The van der Waals surface area contributed by atoms with Crippen molar-refractivity contribution in [3.63, 3.8) is 0 Å². The maximum Gasteiger partial charge on any atom is 0.141 e. The number of hydrogen-bond donors (Lipinski definition) is 3. The second-order valence-electron chi connectivity index (χ2n) is 7.89. The molecule has 0 amide bonds. The van der Waals surface area contributed by atoms with Gasteiger partial charge in [-0.25, -0.2) is 9.37 Å². The first-order chi connectivity index (χ1) is 13.6. The number of anilines is 1. The molecule has 0 aromatic carbocycles. The van der Waals surface area contributed by atoms with Gasteiger partial charge in [-0.3, -0.25) is 4.98 Å². The molecular formula is C22H30FN5. The van der Waals surface area contributed by atoms with Crippen molar-refractivity contribution in [3.8, 4) is 0 Å². The van der Waals surface area contributed by atoms with Crippen LogP contribution in [0, 0.1) is 23.2 Å². The fourth-order valence-electron chi connectivity index (χ4n) is 4.01. The van der Waals surface area contributed by atoms with Crippen LogP contribution in [0.25, 0.3) is 5.57 Å². The Balaban J connectivity index is 1.72. The van der Waals surface area contributed by atoms with Gasteiger partial charge in [0.25, 0.3) is 0 Å². The largest absolute Gasteiger partial charge is 0.391 e. The van der Waals surface area contributed by atoms with Crippen LogP contribution >= 0.6 is 0 Å². The fourth-order valence-corrected chi connectivity index (χ4v) is 4.01. The van der Waals surface area contributed by atoms with Crippen LogP contribution in [0.3, 0.4) is 0 Å². The number of nitrogens with zero attached hydrogens (tertiary/aromatic N) is 2. The van der Waals surface area contributed by atoms with Crippen molar-refractivity contribution in [1.82, 2.24) is 15.3 Å². The maximum absolute atomic E-state index is 15.5. The van der Waals surface area contributed by atoms with E-state index < -0.39 is 0 Å². The number of rotatable bonds is 9. The van der Waals surface area contributed by atoms with Gasteiger partial charge in [-0.05, 0) is 67.7 Å². The second-order valence-corrected chi connectivity index (χ2v) is 7.89. The molecular weight excluding hydrogens is 353 g/mol. The molecule has 0 spiro atoms. The molecule has 3 rings (SSSR count). The van der Waals surface area contributed by atoms with Gasteiger partial charge in [0.15, 0.2) is 0 Å². The lowest BCUT2D eigenvalue weighted by molar-refractivity contribution is 0.224. The predicted molar refractivity (Wildman–Crippen MR) is 112 cm³/mol. The number of nitrogens with two attached hydrogens (primary N) is 1. The summed E-state index contributed by atoms with van der Waals surface area (Å²) in [7, 11) is 0. The molecule has 0 saturated heterocycles. The second kappa shape index (κ2) is 9.62. The van der Waals surface area contributed by atoms with E-state index in [1.165, 1.54) is 31.7 Å². The molecule has 28 heavy (non-hydrogen) atoms. The average Bonchev–Trinajstić information content (AvgIpc) is 2.64. The highest BCUT2D eigenvalue weighted by Gasteiger charge is 2.34. The van der Waals surface area contributed by atoms with Crippen molar-refractivity contribution in [2.75, 3.05) is 12.3 Å². The number of halogens is 1. The van der Waals surface area contributed by atoms with Gasteiger partial charge in [-0.15, -0.1) is 0 Å². The Kier molecular flexibility index (Phi) is 6.95. The van der Waals surface area contributed by atoms with Crippen molar-refractivity contribution in [3.05, 3.63) is 47.8 Å². The summed E-state index contributed by atoms with van der Waals surface area (Å²) >= 11 is 0. The third-order valence-electron chi connectivity index (χ3n) is 5.89. The number of hydrogen-bond acceptors (Lipinski definition) is 5. The summed E-state index contributed by atoms with van der Waals surface area (Å²) in [5, 5.41) is 10.2. The average molecular weight is 384 g/mol. The van der Waals surface area contributed by atoms with Crippen LogP contribution in [0.2, 0.25) is 0 Å². The van der Waals surface area contributed by atoms with Gasteiger partial charge in [0.2, 0.25) is 0 Å². The van der Waals surface area contributed by atoms with Crippen molar-refractivity contribution in [2.24, 2.45) is 17.8 Å². The summed E-state index contributed by atoms with van der Waals surface area (Å²) in [6, 6.07) is 0. The molecule has 2 unspecified atom stereocenters. The molecule has 6 heteroatoms. The van der Waals surface area contributed by atoms with Crippen LogP contribution in [0.15, 0.2) is 42.1 Å². The van der Waals surface area contributed by atoms with Crippen LogP contribution in [0.4, 0.5) is 10.2 Å². The molecule has 0 radical (unpaired) electrons. The van der Waals surface area contributed by atoms with Crippen molar-refractivity contribution >= 4 is 17.6 Å². The Morgan fingerprint density at radius 2 is 2.18 bits per heavy atom. The van der Waals surface area contributed by atoms with E-state index in [9.17, 15) is 0 Å². The molecule has 1 saturated carbocycles. The lowest BCUT2D eigenvalue weighted by atomic mass is 9.68. The number of nitrogen functional groups attached to an aromatic ring is 1. The number of nitrogens with one attached hydrogen (secondary N) is 2. The van der Waals surface area contributed by atoms with E-state index in [4.69, 9.17) is 11.1 Å². The summed E-state index contributed by atoms with van der Waals surface area (Å²) in [4.78, 5) is 8.35. The van der Waals surface area contributed by atoms with E-state index >= 15 is 4.39 Å². The monoisotopic (exact) mass is 383 g/mol. The zero-order valence-electron chi connectivity index (χ0n) is 16.5. The normalized spacial score (nSPS) is 21.4. The molecule has 150 valence electrons. The Bertz CT molecular complexity index is 762. The number of aromatic nitrogens is 2. The van der Waals surface area contributed by atoms with E-state index in [1.54, 1.807) is 18.5 Å². The highest BCUT2D eigenvalue weighted by atomic mass is 19.1. The first-order valence-electron chi connectivity index (χ1n) is 10.2. The molecule has 1 heterocycles. The highest BCUT2D eigenvalue weighted by Crippen LogP contribution is 2.46. The van der Waals surface area contributed by atoms with Crippen molar-refractivity contribution < 1.29 is 4.39 Å². The summed E-state index contributed by atoms with van der Waals surface area (Å²) < 4.78 is 15.5. The molecule has 2 aliphatic carbocycles. The summed E-state index contributed by atoms with van der Waals surface area (Å²) in [6.45, 7) is 2.99. The van der Waals surface area contributed by atoms with Crippen LogP contribution in [0.5, 0.6) is 0 Å². The van der Waals surface area contributed by atoms with Gasteiger partial charge in [0.05, 0.1) is 18.1 Å². The number of allylic oxidation sites excluding steroid dienone is 5. The minimum atomic E-state index is -0.105. The Hall–Kier alpha value is -2.50. The standard InChI is InChI=1S/C22H30FN5/c1-15(12-26-11-3-10-24)6-7-18-17(16-4-2-5-16)8-9-19(22(18)23)20-13-28-21(25)14-27-20/h3,9-11,13-17,24,26H,2,4-8,12H2,1H3,(H2,25,28)/b11-3-,24-10?. The van der Waals surface area contributed by atoms with Crippen LogP contribution in [-0.4, -0.2) is 22.7 Å². The Morgan fingerprint density at radius 3 is 2.82 bits per heavy atom. The molecule has 0 bridgehead atoms. The Labute approximate surface area is 166 Å². The van der Waals surface area contributed by atoms with E-state index in [0.29, 0.717) is 34.8 Å². The van der Waals surface area contributed by atoms with Crippen molar-refractivity contribution in [2.45, 2.75) is 45.4 Å². The van der Waals surface area contributed by atoms with Crippen LogP contribution < -0.4 is 11.1 Å². The quantitative estimate of drug-likeness (QED) is 0.541. The van der Waals surface area contributed by atoms with Gasteiger partial charge >= 0.3 is 0 Å². The van der Waals surface area contributed by atoms with Gasteiger partial charge in [-0.2, -0.15) is 0 Å². The summed E-state index contributed by atoms with van der Waals surface area (Å²) in [5.41, 5.74) is 7.71. The smallest absolute Gasteiger partial charge is 0.141 e.